The molecule has 0 aliphatic carbocycles. The molecule has 0 unspecified atom stereocenters. The van der Waals surface area contributed by atoms with E-state index in [2.05, 4.69) is 0 Å². The van der Waals surface area contributed by atoms with E-state index in [1.54, 1.807) is 12.1 Å². The van der Waals surface area contributed by atoms with Gasteiger partial charge in [-0.2, -0.15) is 4.31 Å². The van der Waals surface area contributed by atoms with Crippen LogP contribution in [0.4, 0.5) is 0 Å². The molecule has 7 heteroatoms. The molecule has 27 heavy (non-hydrogen) atoms. The Hall–Kier alpha value is -2.38. The Labute approximate surface area is 159 Å². The summed E-state index contributed by atoms with van der Waals surface area (Å²) >= 11 is 0. The highest BCUT2D eigenvalue weighted by Gasteiger charge is 2.30. The number of esters is 1. The zero-order valence-electron chi connectivity index (χ0n) is 15.7. The molecule has 0 saturated carbocycles. The fourth-order valence-corrected chi connectivity index (χ4v) is 4.71. The van der Waals surface area contributed by atoms with Gasteiger partial charge in [-0.1, -0.05) is 6.07 Å². The second-order valence-electron chi connectivity index (χ2n) is 6.61. The van der Waals surface area contributed by atoms with Crippen LogP contribution in [-0.4, -0.2) is 38.9 Å². The first-order valence-corrected chi connectivity index (χ1v) is 10.2. The summed E-state index contributed by atoms with van der Waals surface area (Å²) in [7, 11) is -2.31. The van der Waals surface area contributed by atoms with Crippen LogP contribution in [0.5, 0.6) is 11.5 Å². The lowest BCUT2D eigenvalue weighted by Gasteiger charge is -2.18. The fraction of sp³-hybridized carbons (Fsp3) is 0.350. The minimum atomic E-state index is -3.72. The van der Waals surface area contributed by atoms with Crippen molar-refractivity contribution >= 4 is 16.0 Å². The number of rotatable bonds is 5. The van der Waals surface area contributed by atoms with Gasteiger partial charge in [-0.3, -0.25) is 0 Å². The smallest absolute Gasteiger partial charge is 0.343 e. The van der Waals surface area contributed by atoms with Crippen LogP contribution >= 0.6 is 0 Å². The first-order chi connectivity index (χ1) is 12.8. The quantitative estimate of drug-likeness (QED) is 0.579. The van der Waals surface area contributed by atoms with Crippen LogP contribution in [0.1, 0.15) is 34.3 Å². The summed E-state index contributed by atoms with van der Waals surface area (Å²) < 4.78 is 37.9. The molecule has 0 bridgehead atoms. The van der Waals surface area contributed by atoms with Crippen LogP contribution in [0.15, 0.2) is 41.3 Å². The van der Waals surface area contributed by atoms with Crippen molar-refractivity contribution in [3.63, 3.8) is 0 Å². The summed E-state index contributed by atoms with van der Waals surface area (Å²) in [5.74, 6) is 0.0197. The van der Waals surface area contributed by atoms with Crippen molar-refractivity contribution in [2.45, 2.75) is 31.6 Å². The molecular formula is C20H23NO5S. The number of carbonyl (C=O) groups is 1. The lowest BCUT2D eigenvalue weighted by molar-refractivity contribution is 0.0734. The van der Waals surface area contributed by atoms with E-state index in [0.29, 0.717) is 18.8 Å². The standard InChI is InChI=1S/C20H23NO5S/c1-14-6-8-17(12-15(14)2)26-20(22)16-7-9-18(25-3)19(13-16)27(23,24)21-10-4-5-11-21/h6-9,12-13H,4-5,10-11H2,1-3H3. The van der Waals surface area contributed by atoms with Crippen molar-refractivity contribution < 1.29 is 22.7 Å². The minimum Gasteiger partial charge on any atom is -0.495 e. The number of ether oxygens (including phenoxy) is 2. The second-order valence-corrected chi connectivity index (χ2v) is 8.52. The number of benzene rings is 2. The van der Waals surface area contributed by atoms with Crippen molar-refractivity contribution in [3.05, 3.63) is 53.1 Å². The van der Waals surface area contributed by atoms with Crippen LogP contribution < -0.4 is 9.47 Å². The summed E-state index contributed by atoms with van der Waals surface area (Å²) in [6.07, 6.45) is 1.66. The van der Waals surface area contributed by atoms with Crippen molar-refractivity contribution in [2.75, 3.05) is 20.2 Å². The molecule has 6 nitrogen and oxygen atoms in total. The number of sulfonamides is 1. The average molecular weight is 389 g/mol. The molecule has 1 saturated heterocycles. The fourth-order valence-electron chi connectivity index (χ4n) is 3.02. The van der Waals surface area contributed by atoms with Crippen molar-refractivity contribution in [2.24, 2.45) is 0 Å². The first kappa shape index (κ1) is 19.4. The van der Waals surface area contributed by atoms with Gasteiger partial charge in [-0.25, -0.2) is 13.2 Å². The van der Waals surface area contributed by atoms with Gasteiger partial charge in [0.25, 0.3) is 0 Å². The maximum Gasteiger partial charge on any atom is 0.343 e. The molecule has 0 spiro atoms. The summed E-state index contributed by atoms with van der Waals surface area (Å²) in [6.45, 7) is 4.85. The lowest BCUT2D eigenvalue weighted by Crippen LogP contribution is -2.28. The predicted octanol–water partition coefficient (Wildman–Crippen LogP) is 3.32. The second kappa shape index (κ2) is 7.70. The van der Waals surface area contributed by atoms with E-state index in [1.807, 2.05) is 19.9 Å². The van der Waals surface area contributed by atoms with Gasteiger partial charge in [0.15, 0.2) is 0 Å². The molecule has 0 aromatic heterocycles. The summed E-state index contributed by atoms with van der Waals surface area (Å²) in [5, 5.41) is 0. The Kier molecular flexibility index (Phi) is 5.53. The van der Waals surface area contributed by atoms with Crippen molar-refractivity contribution in [3.8, 4) is 11.5 Å². The van der Waals surface area contributed by atoms with Gasteiger partial charge in [-0.05, 0) is 68.1 Å². The number of methoxy groups -OCH3 is 1. The molecule has 1 fully saturated rings. The Balaban J connectivity index is 1.92. The molecule has 1 aliphatic rings. The predicted molar refractivity (Wildman–Crippen MR) is 102 cm³/mol. The van der Waals surface area contributed by atoms with Gasteiger partial charge in [-0.15, -0.1) is 0 Å². The number of nitrogens with zero attached hydrogens (tertiary/aromatic N) is 1. The Bertz CT molecular complexity index is 962. The Morgan fingerprint density at radius 3 is 2.33 bits per heavy atom. The maximum absolute atomic E-state index is 12.9. The zero-order valence-corrected chi connectivity index (χ0v) is 16.5. The van der Waals surface area contributed by atoms with Crippen molar-refractivity contribution in [1.29, 1.82) is 0 Å². The lowest BCUT2D eigenvalue weighted by atomic mass is 10.1. The molecule has 0 radical (unpaired) electrons. The normalized spacial score (nSPS) is 14.9. The van der Waals surface area contributed by atoms with E-state index in [-0.39, 0.29) is 16.2 Å². The van der Waals surface area contributed by atoms with Gasteiger partial charge >= 0.3 is 5.97 Å². The topological polar surface area (TPSA) is 72.9 Å². The maximum atomic E-state index is 12.9. The molecule has 2 aromatic carbocycles. The minimum absolute atomic E-state index is 0.0126. The number of carbonyl (C=O) groups excluding carboxylic acids is 1. The van der Waals surface area contributed by atoms with E-state index in [1.165, 1.54) is 29.6 Å². The van der Waals surface area contributed by atoms with E-state index in [0.717, 1.165) is 24.0 Å². The molecule has 1 heterocycles. The highest BCUT2D eigenvalue weighted by Crippen LogP contribution is 2.30. The number of hydrogen-bond donors (Lipinski definition) is 0. The van der Waals surface area contributed by atoms with E-state index in [4.69, 9.17) is 9.47 Å². The molecule has 0 N–H and O–H groups in total. The van der Waals surface area contributed by atoms with Gasteiger partial charge < -0.3 is 9.47 Å². The molecule has 144 valence electrons. The van der Waals surface area contributed by atoms with E-state index < -0.39 is 16.0 Å². The van der Waals surface area contributed by atoms with Crippen LogP contribution in [0.25, 0.3) is 0 Å². The Morgan fingerprint density at radius 2 is 1.70 bits per heavy atom. The average Bonchev–Trinajstić information content (AvgIpc) is 3.20. The zero-order chi connectivity index (χ0) is 19.6. The first-order valence-electron chi connectivity index (χ1n) is 8.80. The van der Waals surface area contributed by atoms with Gasteiger partial charge in [0.05, 0.1) is 12.7 Å². The van der Waals surface area contributed by atoms with Gasteiger partial charge in [0, 0.05) is 13.1 Å². The van der Waals surface area contributed by atoms with Crippen LogP contribution in [0.3, 0.4) is 0 Å². The van der Waals surface area contributed by atoms with Gasteiger partial charge in [0.1, 0.15) is 16.4 Å². The van der Waals surface area contributed by atoms with Gasteiger partial charge in [0.2, 0.25) is 10.0 Å². The highest BCUT2D eigenvalue weighted by molar-refractivity contribution is 7.89. The number of aryl methyl sites for hydroxylation is 2. The van der Waals surface area contributed by atoms with Crippen molar-refractivity contribution in [1.82, 2.24) is 4.31 Å². The summed E-state index contributed by atoms with van der Waals surface area (Å²) in [6, 6.07) is 9.68. The monoisotopic (exact) mass is 389 g/mol. The molecule has 2 aromatic rings. The largest absolute Gasteiger partial charge is 0.495 e. The third kappa shape index (κ3) is 3.99. The van der Waals surface area contributed by atoms with E-state index in [9.17, 15) is 13.2 Å². The summed E-state index contributed by atoms with van der Waals surface area (Å²) in [5.41, 5.74) is 2.26. The number of hydrogen-bond acceptors (Lipinski definition) is 5. The molecule has 0 atom stereocenters. The highest BCUT2D eigenvalue weighted by atomic mass is 32.2. The molecule has 1 aliphatic heterocycles. The molecule has 3 rings (SSSR count). The molecular weight excluding hydrogens is 366 g/mol. The van der Waals surface area contributed by atoms with Crippen LogP contribution in [0, 0.1) is 13.8 Å². The summed E-state index contributed by atoms with van der Waals surface area (Å²) in [4.78, 5) is 12.5. The SMILES string of the molecule is COc1ccc(C(=O)Oc2ccc(C)c(C)c2)cc1S(=O)(=O)N1CCCC1. The van der Waals surface area contributed by atoms with Crippen LogP contribution in [0.2, 0.25) is 0 Å². The third-order valence-electron chi connectivity index (χ3n) is 4.77. The van der Waals surface area contributed by atoms with E-state index >= 15 is 0 Å². The molecule has 0 amide bonds. The Morgan fingerprint density at radius 1 is 1.00 bits per heavy atom. The third-order valence-corrected chi connectivity index (χ3v) is 6.69. The van der Waals surface area contributed by atoms with Crippen LogP contribution in [-0.2, 0) is 10.0 Å².